The van der Waals surface area contributed by atoms with Gasteiger partial charge in [0, 0.05) is 24.2 Å². The Morgan fingerprint density at radius 2 is 1.83 bits per heavy atom. The molecule has 1 aromatic heterocycles. The van der Waals surface area contributed by atoms with E-state index >= 15 is 0 Å². The van der Waals surface area contributed by atoms with Gasteiger partial charge in [0.05, 0.1) is 29.1 Å². The molecule has 0 saturated carbocycles. The predicted molar refractivity (Wildman–Crippen MR) is 137 cm³/mol. The van der Waals surface area contributed by atoms with E-state index in [1.807, 2.05) is 0 Å². The van der Waals surface area contributed by atoms with Crippen molar-refractivity contribution in [2.45, 2.75) is 43.4 Å². The average Bonchev–Trinajstić information content (AvgIpc) is 3.37. The SMILES string of the molecule is Cc1ncc2n1C(=O)N(C1CCN(C(=O)C(O)CS(=O)(=O)c3ccc4cc(Cl)ccc4c3)CC1)C2.Cl. The number of amides is 2. The summed E-state index contributed by atoms with van der Waals surface area (Å²) in [5, 5.41) is 12.5. The average molecular weight is 553 g/mol. The number of carbonyl (C=O) groups is 2. The van der Waals surface area contributed by atoms with Gasteiger partial charge in [-0.1, -0.05) is 23.7 Å². The van der Waals surface area contributed by atoms with Crippen LogP contribution in [0.25, 0.3) is 10.8 Å². The number of aliphatic hydroxyl groups is 1. The van der Waals surface area contributed by atoms with Crippen LogP contribution in [0.15, 0.2) is 47.5 Å². The number of nitrogens with zero attached hydrogens (tertiary/aromatic N) is 4. The fraction of sp³-hybridized carbons (Fsp3) is 0.375. The van der Waals surface area contributed by atoms with Gasteiger partial charge in [-0.05, 0) is 54.8 Å². The number of hydrogen-bond acceptors (Lipinski definition) is 6. The van der Waals surface area contributed by atoms with Gasteiger partial charge >= 0.3 is 6.03 Å². The lowest BCUT2D eigenvalue weighted by molar-refractivity contribution is -0.140. The quantitative estimate of drug-likeness (QED) is 0.520. The highest BCUT2D eigenvalue weighted by atomic mass is 35.5. The number of aromatic nitrogens is 2. The standard InChI is InChI=1S/C24H25ClN4O5S.ClH/c1-15-26-12-20-13-28(24(32)29(15)20)19-6-8-27(9-7-19)23(31)22(30)14-35(33,34)21-5-3-16-10-18(25)4-2-17(16)11-21;/h2-5,10-12,19,22,30H,6-9,13-14H2,1H3;1H. The fourth-order valence-corrected chi connectivity index (χ4v) is 6.41. The molecule has 1 unspecified atom stereocenters. The highest BCUT2D eigenvalue weighted by Crippen LogP contribution is 2.27. The number of imidazole rings is 1. The Kier molecular flexibility index (Phi) is 7.34. The summed E-state index contributed by atoms with van der Waals surface area (Å²) >= 11 is 5.98. The Bertz CT molecular complexity index is 1430. The molecule has 2 amide bonds. The second kappa shape index (κ2) is 10.0. The molecule has 2 aromatic carbocycles. The number of aryl methyl sites for hydroxylation is 1. The summed E-state index contributed by atoms with van der Waals surface area (Å²) in [5.41, 5.74) is 0.850. The lowest BCUT2D eigenvalue weighted by Crippen LogP contribution is -2.50. The summed E-state index contributed by atoms with van der Waals surface area (Å²) in [6.45, 7) is 2.95. The molecule has 3 heterocycles. The number of hydrogen-bond donors (Lipinski definition) is 1. The van der Waals surface area contributed by atoms with Crippen molar-refractivity contribution in [3.8, 4) is 0 Å². The number of benzene rings is 2. The topological polar surface area (TPSA) is 113 Å². The zero-order valence-corrected chi connectivity index (χ0v) is 21.9. The third-order valence-electron chi connectivity index (χ3n) is 6.79. The molecule has 2 aliphatic heterocycles. The van der Waals surface area contributed by atoms with Crippen LogP contribution in [0, 0.1) is 6.92 Å². The molecule has 3 aromatic rings. The molecule has 12 heteroatoms. The van der Waals surface area contributed by atoms with E-state index in [0.717, 1.165) is 11.1 Å². The van der Waals surface area contributed by atoms with E-state index in [1.165, 1.54) is 17.0 Å². The number of halogens is 2. The van der Waals surface area contributed by atoms with Crippen molar-refractivity contribution in [3.63, 3.8) is 0 Å². The van der Waals surface area contributed by atoms with Gasteiger partial charge in [0.2, 0.25) is 0 Å². The van der Waals surface area contributed by atoms with E-state index in [2.05, 4.69) is 4.98 Å². The lowest BCUT2D eigenvalue weighted by Gasteiger charge is -2.37. The van der Waals surface area contributed by atoms with Gasteiger partial charge in [-0.15, -0.1) is 12.4 Å². The van der Waals surface area contributed by atoms with Crippen molar-refractivity contribution in [2.75, 3.05) is 18.8 Å². The van der Waals surface area contributed by atoms with Crippen molar-refractivity contribution in [3.05, 3.63) is 59.1 Å². The smallest absolute Gasteiger partial charge is 0.330 e. The minimum atomic E-state index is -3.90. The number of aliphatic hydroxyl groups excluding tert-OH is 1. The summed E-state index contributed by atoms with van der Waals surface area (Å²) in [6.07, 6.45) is 1.15. The molecule has 1 N–H and O–H groups in total. The minimum absolute atomic E-state index is 0. The predicted octanol–water partition coefficient (Wildman–Crippen LogP) is 3.03. The summed E-state index contributed by atoms with van der Waals surface area (Å²) in [4.78, 5) is 33.1. The highest BCUT2D eigenvalue weighted by Gasteiger charge is 2.37. The van der Waals surface area contributed by atoms with Crippen molar-refractivity contribution in [2.24, 2.45) is 0 Å². The Hall–Kier alpha value is -2.66. The summed E-state index contributed by atoms with van der Waals surface area (Å²) < 4.78 is 27.4. The monoisotopic (exact) mass is 552 g/mol. The second-order valence-electron chi connectivity index (χ2n) is 9.05. The van der Waals surface area contributed by atoms with Gasteiger partial charge in [0.15, 0.2) is 9.84 Å². The van der Waals surface area contributed by atoms with Crippen LogP contribution in [0.5, 0.6) is 0 Å². The molecule has 9 nitrogen and oxygen atoms in total. The fourth-order valence-electron chi connectivity index (χ4n) is 4.89. The van der Waals surface area contributed by atoms with Crippen LogP contribution in [0.1, 0.15) is 24.4 Å². The Morgan fingerprint density at radius 1 is 1.17 bits per heavy atom. The van der Waals surface area contributed by atoms with E-state index < -0.39 is 27.6 Å². The van der Waals surface area contributed by atoms with Crippen LogP contribution in [-0.2, 0) is 21.2 Å². The first-order valence-corrected chi connectivity index (χ1v) is 13.4. The number of carbonyl (C=O) groups excluding carboxylic acids is 2. The zero-order chi connectivity index (χ0) is 24.9. The van der Waals surface area contributed by atoms with E-state index in [1.54, 1.807) is 46.9 Å². The molecule has 1 fully saturated rings. The van der Waals surface area contributed by atoms with Gasteiger partial charge in [0.1, 0.15) is 11.9 Å². The third kappa shape index (κ3) is 4.82. The van der Waals surface area contributed by atoms with Gasteiger partial charge in [-0.25, -0.2) is 18.2 Å². The molecule has 0 aliphatic carbocycles. The Morgan fingerprint density at radius 3 is 2.53 bits per heavy atom. The van der Waals surface area contributed by atoms with E-state index in [4.69, 9.17) is 11.6 Å². The summed E-state index contributed by atoms with van der Waals surface area (Å²) in [5.74, 6) is -0.657. The van der Waals surface area contributed by atoms with E-state index in [9.17, 15) is 23.1 Å². The maximum absolute atomic E-state index is 12.9. The third-order valence-corrected chi connectivity index (χ3v) is 8.75. The lowest BCUT2D eigenvalue weighted by atomic mass is 10.0. The van der Waals surface area contributed by atoms with Gasteiger partial charge < -0.3 is 14.9 Å². The van der Waals surface area contributed by atoms with Crippen LogP contribution in [0.2, 0.25) is 5.02 Å². The van der Waals surface area contributed by atoms with Crippen molar-refractivity contribution in [1.29, 1.82) is 0 Å². The van der Waals surface area contributed by atoms with Crippen molar-refractivity contribution >= 4 is 56.6 Å². The highest BCUT2D eigenvalue weighted by molar-refractivity contribution is 7.91. The maximum Gasteiger partial charge on any atom is 0.330 e. The Labute approximate surface area is 220 Å². The number of rotatable bonds is 5. The van der Waals surface area contributed by atoms with Gasteiger partial charge in [-0.2, -0.15) is 0 Å². The number of fused-ring (bicyclic) bond motifs is 2. The van der Waals surface area contributed by atoms with E-state index in [-0.39, 0.29) is 29.4 Å². The molecule has 1 saturated heterocycles. The molecular formula is C24H26Cl2N4O5S. The van der Waals surface area contributed by atoms with Crippen LogP contribution in [0.4, 0.5) is 4.79 Å². The number of sulfone groups is 1. The Balaban J connectivity index is 0.00000304. The number of likely N-dealkylation sites (tertiary alicyclic amines) is 1. The first kappa shape index (κ1) is 26.4. The molecule has 0 spiro atoms. The second-order valence-corrected chi connectivity index (χ2v) is 11.5. The van der Waals surface area contributed by atoms with Crippen LogP contribution in [0.3, 0.4) is 0 Å². The van der Waals surface area contributed by atoms with Gasteiger partial charge in [-0.3, -0.25) is 9.36 Å². The molecule has 0 radical (unpaired) electrons. The van der Waals surface area contributed by atoms with Crippen LogP contribution < -0.4 is 0 Å². The first-order valence-electron chi connectivity index (χ1n) is 11.4. The van der Waals surface area contributed by atoms with Gasteiger partial charge in [0.25, 0.3) is 5.91 Å². The first-order chi connectivity index (χ1) is 16.6. The van der Waals surface area contributed by atoms with Crippen molar-refractivity contribution in [1.82, 2.24) is 19.4 Å². The normalized spacial score (nSPS) is 17.2. The molecule has 1 atom stereocenters. The van der Waals surface area contributed by atoms with Crippen LogP contribution >= 0.6 is 24.0 Å². The molecular weight excluding hydrogens is 527 g/mol. The molecule has 2 aliphatic rings. The molecule has 0 bridgehead atoms. The zero-order valence-electron chi connectivity index (χ0n) is 19.5. The summed E-state index contributed by atoms with van der Waals surface area (Å²) in [6, 6.07) is 9.62. The molecule has 192 valence electrons. The summed E-state index contributed by atoms with van der Waals surface area (Å²) in [7, 11) is -3.90. The molecule has 5 rings (SSSR count). The number of piperidine rings is 1. The van der Waals surface area contributed by atoms with Crippen LogP contribution in [-0.4, -0.2) is 75.8 Å². The minimum Gasteiger partial charge on any atom is -0.382 e. The van der Waals surface area contributed by atoms with Crippen molar-refractivity contribution < 1.29 is 23.1 Å². The van der Waals surface area contributed by atoms with E-state index in [0.29, 0.717) is 48.7 Å². The molecule has 36 heavy (non-hydrogen) atoms. The largest absolute Gasteiger partial charge is 0.382 e. The maximum atomic E-state index is 12.9.